The largest absolute Gasteiger partial charge is 0.383 e. The summed E-state index contributed by atoms with van der Waals surface area (Å²) in [5, 5.41) is 4.53. The molecule has 25 heavy (non-hydrogen) atoms. The van der Waals surface area contributed by atoms with Crippen molar-refractivity contribution in [1.82, 2.24) is 9.88 Å². The van der Waals surface area contributed by atoms with Crippen LogP contribution < -0.4 is 5.32 Å². The molecule has 2 atom stereocenters. The van der Waals surface area contributed by atoms with Gasteiger partial charge >= 0.3 is 0 Å². The van der Waals surface area contributed by atoms with Gasteiger partial charge in [-0.15, -0.1) is 0 Å². The van der Waals surface area contributed by atoms with Gasteiger partial charge in [0.2, 0.25) is 0 Å². The zero-order chi connectivity index (χ0) is 17.1. The Kier molecular flexibility index (Phi) is 5.10. The van der Waals surface area contributed by atoms with Crippen LogP contribution in [0.3, 0.4) is 0 Å². The Balaban J connectivity index is 1.52. The van der Waals surface area contributed by atoms with E-state index in [0.29, 0.717) is 17.5 Å². The fourth-order valence-electron chi connectivity index (χ4n) is 3.85. The number of morpholine rings is 1. The number of rotatable bonds is 5. The molecule has 4 rings (SSSR count). The number of pyridine rings is 1. The number of anilines is 1. The minimum absolute atomic E-state index is 0.258. The predicted octanol–water partition coefficient (Wildman–Crippen LogP) is 2.52. The van der Waals surface area contributed by atoms with Crippen molar-refractivity contribution in [2.45, 2.75) is 12.5 Å². The summed E-state index contributed by atoms with van der Waals surface area (Å²) in [5.41, 5.74) is 1.68. The first-order valence-corrected chi connectivity index (χ1v) is 8.99. The molecule has 2 saturated heterocycles. The lowest BCUT2D eigenvalue weighted by Gasteiger charge is -2.37. The summed E-state index contributed by atoms with van der Waals surface area (Å²) in [4.78, 5) is 6.78. The van der Waals surface area contributed by atoms with E-state index in [4.69, 9.17) is 9.47 Å². The Morgan fingerprint density at radius 1 is 1.20 bits per heavy atom. The van der Waals surface area contributed by atoms with Crippen LogP contribution in [0.4, 0.5) is 10.1 Å². The molecule has 1 N–H and O–H groups in total. The van der Waals surface area contributed by atoms with Crippen LogP contribution in [-0.2, 0) is 9.47 Å². The number of nitrogens with one attached hydrogen (secondary N) is 1. The van der Waals surface area contributed by atoms with Crippen molar-refractivity contribution in [2.24, 2.45) is 5.92 Å². The quantitative estimate of drug-likeness (QED) is 0.902. The number of hydrogen-bond donors (Lipinski definition) is 1. The van der Waals surface area contributed by atoms with Gasteiger partial charge in [-0.3, -0.25) is 9.88 Å². The van der Waals surface area contributed by atoms with E-state index in [1.807, 2.05) is 6.07 Å². The third kappa shape index (κ3) is 3.76. The highest BCUT2D eigenvalue weighted by Crippen LogP contribution is 2.25. The van der Waals surface area contributed by atoms with Crippen LogP contribution in [0.2, 0.25) is 0 Å². The van der Waals surface area contributed by atoms with Gasteiger partial charge in [-0.1, -0.05) is 0 Å². The van der Waals surface area contributed by atoms with Crippen LogP contribution in [0.1, 0.15) is 6.42 Å². The standard InChI is InChI=1S/C19H24FN3O2/c20-15-1-2-16-17(3-5-21-18(16)11-15)22-12-19(14-4-8-25-13-14)23-6-9-24-10-7-23/h1-3,5,11,14,19H,4,6-10,12-13H2,(H,21,22). The third-order valence-corrected chi connectivity index (χ3v) is 5.23. The fourth-order valence-corrected chi connectivity index (χ4v) is 3.85. The summed E-state index contributed by atoms with van der Waals surface area (Å²) in [5.74, 6) is 0.280. The van der Waals surface area contributed by atoms with Crippen molar-refractivity contribution in [2.75, 3.05) is 51.4 Å². The van der Waals surface area contributed by atoms with E-state index in [2.05, 4.69) is 15.2 Å². The third-order valence-electron chi connectivity index (χ3n) is 5.23. The first kappa shape index (κ1) is 16.7. The highest BCUT2D eigenvalue weighted by atomic mass is 19.1. The molecule has 2 unspecified atom stereocenters. The molecule has 2 aromatic rings. The zero-order valence-corrected chi connectivity index (χ0v) is 14.3. The van der Waals surface area contributed by atoms with Gasteiger partial charge in [-0.05, 0) is 24.6 Å². The molecular formula is C19H24FN3O2. The molecule has 0 aliphatic carbocycles. The number of fused-ring (bicyclic) bond motifs is 1. The molecule has 0 amide bonds. The van der Waals surface area contributed by atoms with E-state index in [0.717, 1.165) is 63.6 Å². The first-order chi connectivity index (χ1) is 12.3. The second-order valence-electron chi connectivity index (χ2n) is 6.74. The van der Waals surface area contributed by atoms with E-state index in [1.54, 1.807) is 12.3 Å². The SMILES string of the molecule is Fc1ccc2c(NCC(C3CCOC3)N3CCOCC3)ccnc2c1. The van der Waals surface area contributed by atoms with Gasteiger partial charge in [-0.25, -0.2) is 4.39 Å². The van der Waals surface area contributed by atoms with Crippen LogP contribution in [0, 0.1) is 11.7 Å². The number of aromatic nitrogens is 1. The highest BCUT2D eigenvalue weighted by molar-refractivity contribution is 5.90. The van der Waals surface area contributed by atoms with Crippen molar-refractivity contribution in [3.8, 4) is 0 Å². The second-order valence-corrected chi connectivity index (χ2v) is 6.74. The van der Waals surface area contributed by atoms with E-state index in [-0.39, 0.29) is 5.82 Å². The van der Waals surface area contributed by atoms with Gasteiger partial charge in [-0.2, -0.15) is 0 Å². The summed E-state index contributed by atoms with van der Waals surface area (Å²) in [6.45, 7) is 6.03. The lowest BCUT2D eigenvalue weighted by atomic mass is 9.96. The van der Waals surface area contributed by atoms with Crippen molar-refractivity contribution >= 4 is 16.6 Å². The number of halogens is 1. The molecule has 134 valence electrons. The molecule has 2 aliphatic heterocycles. The molecular weight excluding hydrogens is 321 g/mol. The molecule has 0 saturated carbocycles. The average molecular weight is 345 g/mol. The van der Waals surface area contributed by atoms with E-state index >= 15 is 0 Å². The lowest BCUT2D eigenvalue weighted by molar-refractivity contribution is 0.00462. The average Bonchev–Trinajstić information content (AvgIpc) is 3.17. The predicted molar refractivity (Wildman–Crippen MR) is 95.3 cm³/mol. The molecule has 1 aromatic heterocycles. The number of hydrogen-bond acceptors (Lipinski definition) is 5. The topological polar surface area (TPSA) is 46.6 Å². The summed E-state index contributed by atoms with van der Waals surface area (Å²) in [6, 6.07) is 7.13. The zero-order valence-electron chi connectivity index (χ0n) is 14.3. The molecule has 6 heteroatoms. The molecule has 0 radical (unpaired) electrons. The normalized spacial score (nSPS) is 23.0. The Bertz CT molecular complexity index is 715. The Morgan fingerprint density at radius 2 is 2.08 bits per heavy atom. The molecule has 2 fully saturated rings. The highest BCUT2D eigenvalue weighted by Gasteiger charge is 2.31. The minimum atomic E-state index is -0.258. The lowest BCUT2D eigenvalue weighted by Crippen LogP contribution is -2.50. The maximum absolute atomic E-state index is 13.4. The van der Waals surface area contributed by atoms with Gasteiger partial charge < -0.3 is 14.8 Å². The summed E-state index contributed by atoms with van der Waals surface area (Å²) in [6.07, 6.45) is 2.83. The monoisotopic (exact) mass is 345 g/mol. The van der Waals surface area contributed by atoms with Crippen LogP contribution in [0.5, 0.6) is 0 Å². The maximum Gasteiger partial charge on any atom is 0.125 e. The minimum Gasteiger partial charge on any atom is -0.383 e. The summed E-state index contributed by atoms with van der Waals surface area (Å²) in [7, 11) is 0. The summed E-state index contributed by atoms with van der Waals surface area (Å²) < 4.78 is 24.6. The van der Waals surface area contributed by atoms with Gasteiger partial charge in [0.15, 0.2) is 0 Å². The fraction of sp³-hybridized carbons (Fsp3) is 0.526. The van der Waals surface area contributed by atoms with Crippen molar-refractivity contribution in [1.29, 1.82) is 0 Å². The van der Waals surface area contributed by atoms with Crippen molar-refractivity contribution in [3.63, 3.8) is 0 Å². The smallest absolute Gasteiger partial charge is 0.125 e. The van der Waals surface area contributed by atoms with Crippen LogP contribution >= 0.6 is 0 Å². The second kappa shape index (κ2) is 7.64. The number of nitrogens with zero attached hydrogens (tertiary/aromatic N) is 2. The number of ether oxygens (including phenoxy) is 2. The van der Waals surface area contributed by atoms with E-state index in [9.17, 15) is 4.39 Å². The van der Waals surface area contributed by atoms with Crippen LogP contribution in [0.25, 0.3) is 10.9 Å². The Hall–Kier alpha value is -1.76. The molecule has 0 bridgehead atoms. The first-order valence-electron chi connectivity index (χ1n) is 8.99. The number of benzene rings is 1. The van der Waals surface area contributed by atoms with Gasteiger partial charge in [0, 0.05) is 61.5 Å². The Morgan fingerprint density at radius 3 is 2.88 bits per heavy atom. The van der Waals surface area contributed by atoms with E-state index in [1.165, 1.54) is 12.1 Å². The van der Waals surface area contributed by atoms with Gasteiger partial charge in [0.25, 0.3) is 0 Å². The maximum atomic E-state index is 13.4. The Labute approximate surface area is 147 Å². The summed E-state index contributed by atoms with van der Waals surface area (Å²) >= 11 is 0. The van der Waals surface area contributed by atoms with Gasteiger partial charge in [0.05, 0.1) is 25.3 Å². The molecule has 1 aromatic carbocycles. The molecule has 5 nitrogen and oxygen atoms in total. The van der Waals surface area contributed by atoms with Crippen LogP contribution in [0.15, 0.2) is 30.5 Å². The molecule has 3 heterocycles. The van der Waals surface area contributed by atoms with Crippen molar-refractivity contribution in [3.05, 3.63) is 36.3 Å². The molecule has 0 spiro atoms. The van der Waals surface area contributed by atoms with Gasteiger partial charge in [0.1, 0.15) is 5.82 Å². The van der Waals surface area contributed by atoms with Crippen molar-refractivity contribution < 1.29 is 13.9 Å². The van der Waals surface area contributed by atoms with E-state index < -0.39 is 0 Å². The van der Waals surface area contributed by atoms with Crippen LogP contribution in [-0.4, -0.2) is 62.0 Å². The molecule has 2 aliphatic rings.